The molecule has 0 aliphatic heterocycles. The Balaban J connectivity index is 2.02. The maximum absolute atomic E-state index is 12.4. The molecule has 1 aliphatic carbocycles. The molecule has 0 heterocycles. The van der Waals surface area contributed by atoms with Crippen molar-refractivity contribution >= 4 is 29.1 Å². The topological polar surface area (TPSA) is 55.1 Å². The van der Waals surface area contributed by atoms with Gasteiger partial charge in [-0.05, 0) is 42.9 Å². The molecule has 1 fully saturated rings. The highest BCUT2D eigenvalue weighted by atomic mass is 35.5. The zero-order chi connectivity index (χ0) is 15.6. The van der Waals surface area contributed by atoms with Crippen LogP contribution in [0.4, 0.5) is 0 Å². The average molecular weight is 329 g/mol. The molecule has 2 unspecified atom stereocenters. The lowest BCUT2D eigenvalue weighted by molar-refractivity contribution is -0.124. The van der Waals surface area contributed by atoms with Crippen LogP contribution in [0.2, 0.25) is 10.0 Å². The smallest absolute Gasteiger partial charge is 0.224 e. The molecule has 3 nitrogen and oxygen atoms in total. The molecule has 1 amide bonds. The van der Waals surface area contributed by atoms with Gasteiger partial charge in [-0.3, -0.25) is 4.79 Å². The quantitative estimate of drug-likeness (QED) is 0.835. The number of carbonyl (C=O) groups is 1. The zero-order valence-electron chi connectivity index (χ0n) is 12.5. The molecule has 1 saturated carbocycles. The van der Waals surface area contributed by atoms with Gasteiger partial charge < -0.3 is 11.1 Å². The summed E-state index contributed by atoms with van der Waals surface area (Å²) in [5.41, 5.74) is 6.64. The summed E-state index contributed by atoms with van der Waals surface area (Å²) in [4.78, 5) is 12.4. The van der Waals surface area contributed by atoms with E-state index in [1.807, 2.05) is 12.1 Å². The number of rotatable bonds is 6. The van der Waals surface area contributed by atoms with Gasteiger partial charge in [-0.25, -0.2) is 0 Å². The summed E-state index contributed by atoms with van der Waals surface area (Å²) in [7, 11) is 0. The molecule has 0 saturated heterocycles. The molecule has 2 rings (SSSR count). The minimum atomic E-state index is -0.276. The molecule has 2 atom stereocenters. The van der Waals surface area contributed by atoms with Crippen LogP contribution in [0, 0.1) is 5.92 Å². The van der Waals surface area contributed by atoms with Crippen LogP contribution in [0.5, 0.6) is 0 Å². The Hall–Kier alpha value is -0.770. The third-order valence-corrected chi connectivity index (χ3v) is 5.37. The van der Waals surface area contributed by atoms with Crippen molar-refractivity contribution in [1.29, 1.82) is 0 Å². The summed E-state index contributed by atoms with van der Waals surface area (Å²) in [5, 5.41) is 4.23. The Morgan fingerprint density at radius 1 is 1.33 bits per heavy atom. The molecule has 5 heteroatoms. The molecule has 1 aromatic rings. The van der Waals surface area contributed by atoms with Crippen molar-refractivity contribution in [3.05, 3.63) is 33.8 Å². The molecule has 0 bridgehead atoms. The lowest BCUT2D eigenvalue weighted by Crippen LogP contribution is -2.53. The monoisotopic (exact) mass is 328 g/mol. The third-order valence-electron chi connectivity index (χ3n) is 4.63. The summed E-state index contributed by atoms with van der Waals surface area (Å²) in [6.45, 7) is 4.58. The second-order valence-corrected chi connectivity index (χ2v) is 6.62. The summed E-state index contributed by atoms with van der Waals surface area (Å²) in [6.07, 6.45) is 2.55. The molecule has 21 heavy (non-hydrogen) atoms. The predicted octanol–water partition coefficient (Wildman–Crippen LogP) is 3.73. The zero-order valence-corrected chi connectivity index (χ0v) is 14.0. The molecule has 1 aliphatic rings. The van der Waals surface area contributed by atoms with Gasteiger partial charge in [-0.1, -0.05) is 43.1 Å². The summed E-state index contributed by atoms with van der Waals surface area (Å²) < 4.78 is 0. The molecule has 3 N–H and O–H groups in total. The van der Waals surface area contributed by atoms with Gasteiger partial charge in [-0.15, -0.1) is 0 Å². The fourth-order valence-electron chi connectivity index (χ4n) is 2.72. The van der Waals surface area contributed by atoms with Gasteiger partial charge in [0.2, 0.25) is 5.91 Å². The Morgan fingerprint density at radius 2 is 2.00 bits per heavy atom. The fraction of sp³-hybridized carbons (Fsp3) is 0.562. The molecule has 0 aromatic heterocycles. The minimum absolute atomic E-state index is 0.0197. The van der Waals surface area contributed by atoms with E-state index >= 15 is 0 Å². The van der Waals surface area contributed by atoms with E-state index in [0.717, 1.165) is 24.8 Å². The molecule has 0 radical (unpaired) electrons. The molecule has 116 valence electrons. The van der Waals surface area contributed by atoms with Gasteiger partial charge in [0.05, 0.1) is 15.6 Å². The maximum Gasteiger partial charge on any atom is 0.224 e. The molecular formula is C16H22Cl2N2O. The van der Waals surface area contributed by atoms with Crippen molar-refractivity contribution in [1.82, 2.24) is 5.32 Å². The van der Waals surface area contributed by atoms with E-state index in [-0.39, 0.29) is 23.3 Å². The van der Waals surface area contributed by atoms with Crippen LogP contribution in [0.15, 0.2) is 18.2 Å². The second kappa shape index (κ2) is 6.55. The first-order valence-electron chi connectivity index (χ1n) is 7.43. The lowest BCUT2D eigenvalue weighted by atomic mass is 9.92. The van der Waals surface area contributed by atoms with Crippen LogP contribution in [0.25, 0.3) is 0 Å². The van der Waals surface area contributed by atoms with Gasteiger partial charge >= 0.3 is 0 Å². The maximum atomic E-state index is 12.4. The number of carbonyl (C=O) groups excluding carboxylic acids is 1. The fourth-order valence-corrected chi connectivity index (χ4v) is 3.02. The summed E-state index contributed by atoms with van der Waals surface area (Å²) in [5.74, 6) is 0.357. The Labute approximate surface area is 136 Å². The van der Waals surface area contributed by atoms with Crippen molar-refractivity contribution < 1.29 is 4.79 Å². The van der Waals surface area contributed by atoms with Crippen LogP contribution in [0.3, 0.4) is 0 Å². The molecule has 1 aromatic carbocycles. The largest absolute Gasteiger partial charge is 0.349 e. The molecule has 0 spiro atoms. The Morgan fingerprint density at radius 3 is 2.52 bits per heavy atom. The van der Waals surface area contributed by atoms with Crippen molar-refractivity contribution in [2.45, 2.75) is 44.6 Å². The second-order valence-electron chi connectivity index (χ2n) is 5.80. The van der Waals surface area contributed by atoms with Crippen LogP contribution >= 0.6 is 23.2 Å². The highest BCUT2D eigenvalue weighted by molar-refractivity contribution is 6.42. The van der Waals surface area contributed by atoms with E-state index in [1.165, 1.54) is 0 Å². The number of nitrogens with one attached hydrogen (secondary N) is 1. The van der Waals surface area contributed by atoms with Crippen LogP contribution < -0.4 is 11.1 Å². The van der Waals surface area contributed by atoms with E-state index in [0.29, 0.717) is 16.6 Å². The van der Waals surface area contributed by atoms with Crippen LogP contribution in [-0.4, -0.2) is 18.0 Å². The minimum Gasteiger partial charge on any atom is -0.349 e. The van der Waals surface area contributed by atoms with E-state index in [9.17, 15) is 4.79 Å². The summed E-state index contributed by atoms with van der Waals surface area (Å²) in [6, 6.07) is 5.59. The van der Waals surface area contributed by atoms with Gasteiger partial charge in [0.15, 0.2) is 0 Å². The van der Waals surface area contributed by atoms with Gasteiger partial charge in [0, 0.05) is 12.5 Å². The predicted molar refractivity (Wildman–Crippen MR) is 87.8 cm³/mol. The van der Waals surface area contributed by atoms with Gasteiger partial charge in [-0.2, -0.15) is 0 Å². The van der Waals surface area contributed by atoms with E-state index in [1.54, 1.807) is 6.07 Å². The van der Waals surface area contributed by atoms with E-state index in [2.05, 4.69) is 19.2 Å². The first-order chi connectivity index (χ1) is 9.96. The number of halogens is 2. The van der Waals surface area contributed by atoms with Crippen LogP contribution in [-0.2, 0) is 4.79 Å². The highest BCUT2D eigenvalue weighted by Gasteiger charge is 2.45. The average Bonchev–Trinajstić information content (AvgIpc) is 3.28. The standard InChI is InChI=1S/C16H22Cl2N2O/c1-3-16(4-2,9-19)20-15(21)12-8-11(12)10-5-6-13(17)14(18)7-10/h5-7,11-12H,3-4,8-9,19H2,1-2H3,(H,20,21). The molecular weight excluding hydrogens is 307 g/mol. The number of hydrogen-bond acceptors (Lipinski definition) is 2. The van der Waals surface area contributed by atoms with E-state index < -0.39 is 0 Å². The van der Waals surface area contributed by atoms with Crippen molar-refractivity contribution in [2.24, 2.45) is 11.7 Å². The van der Waals surface area contributed by atoms with Crippen molar-refractivity contribution in [3.8, 4) is 0 Å². The van der Waals surface area contributed by atoms with Crippen molar-refractivity contribution in [3.63, 3.8) is 0 Å². The first kappa shape index (κ1) is 16.6. The third kappa shape index (κ3) is 3.53. The van der Waals surface area contributed by atoms with E-state index in [4.69, 9.17) is 28.9 Å². The normalized spacial score (nSPS) is 21.2. The Bertz CT molecular complexity index is 521. The Kier molecular flexibility index (Phi) is 5.18. The van der Waals surface area contributed by atoms with Crippen LogP contribution in [0.1, 0.15) is 44.6 Å². The SMILES string of the molecule is CCC(CC)(CN)NC(=O)C1CC1c1ccc(Cl)c(Cl)c1. The summed E-state index contributed by atoms with van der Waals surface area (Å²) >= 11 is 12.0. The first-order valence-corrected chi connectivity index (χ1v) is 8.19. The lowest BCUT2D eigenvalue weighted by Gasteiger charge is -2.31. The number of benzene rings is 1. The number of nitrogens with two attached hydrogens (primary N) is 1. The number of amides is 1. The van der Waals surface area contributed by atoms with Gasteiger partial charge in [0.25, 0.3) is 0 Å². The highest BCUT2D eigenvalue weighted by Crippen LogP contribution is 2.48. The van der Waals surface area contributed by atoms with Gasteiger partial charge in [0.1, 0.15) is 0 Å². The number of hydrogen-bond donors (Lipinski definition) is 2. The van der Waals surface area contributed by atoms with Crippen molar-refractivity contribution in [2.75, 3.05) is 6.54 Å².